The Balaban J connectivity index is 2.90. The minimum absolute atomic E-state index is 0.206. The highest BCUT2D eigenvalue weighted by Gasteiger charge is 2.41. The summed E-state index contributed by atoms with van der Waals surface area (Å²) in [6.45, 7) is 9.65. The first-order chi connectivity index (χ1) is 9.16. The van der Waals surface area contributed by atoms with E-state index in [-0.39, 0.29) is 18.4 Å². The van der Waals surface area contributed by atoms with Crippen LogP contribution in [0.4, 0.5) is 0 Å². The molecular formula is C14H26N2O4. The van der Waals surface area contributed by atoms with Crippen molar-refractivity contribution >= 4 is 11.8 Å². The maximum atomic E-state index is 12.7. The van der Waals surface area contributed by atoms with Crippen LogP contribution < -0.4 is 5.32 Å². The molecule has 0 radical (unpaired) electrons. The molecule has 1 heterocycles. The number of hydrogen-bond acceptors (Lipinski definition) is 4. The van der Waals surface area contributed by atoms with Crippen LogP contribution in [0, 0.1) is 5.41 Å². The number of nitrogens with one attached hydrogen (secondary N) is 1. The lowest BCUT2D eigenvalue weighted by Crippen LogP contribution is -2.55. The summed E-state index contributed by atoms with van der Waals surface area (Å²) in [4.78, 5) is 25.5. The molecule has 2 amide bonds. The molecule has 1 unspecified atom stereocenters. The lowest BCUT2D eigenvalue weighted by Gasteiger charge is -2.35. The number of aliphatic hydroxyl groups is 1. The third-order valence-electron chi connectivity index (χ3n) is 3.33. The van der Waals surface area contributed by atoms with Crippen molar-refractivity contribution in [3.8, 4) is 0 Å². The van der Waals surface area contributed by atoms with Gasteiger partial charge in [-0.2, -0.15) is 0 Å². The van der Waals surface area contributed by atoms with Crippen LogP contribution in [-0.4, -0.2) is 53.3 Å². The molecule has 1 fully saturated rings. The minimum atomic E-state index is -0.631. The number of ether oxygens (including phenoxy) is 1. The molecule has 116 valence electrons. The number of carbonyl (C=O) groups excluding carboxylic acids is 2. The van der Waals surface area contributed by atoms with Gasteiger partial charge in [0.1, 0.15) is 12.3 Å². The van der Waals surface area contributed by atoms with Crippen molar-refractivity contribution in [3.05, 3.63) is 0 Å². The van der Waals surface area contributed by atoms with E-state index in [1.165, 1.54) is 11.8 Å². The number of aliphatic hydroxyl groups excluding tert-OH is 1. The van der Waals surface area contributed by atoms with E-state index in [2.05, 4.69) is 5.32 Å². The largest absolute Gasteiger partial charge is 0.391 e. The second kappa shape index (κ2) is 6.54. The molecule has 0 saturated carbocycles. The summed E-state index contributed by atoms with van der Waals surface area (Å²) in [5.74, 6) is -0.450. The van der Waals surface area contributed by atoms with Crippen molar-refractivity contribution in [2.45, 2.75) is 59.4 Å². The van der Waals surface area contributed by atoms with Gasteiger partial charge in [-0.05, 0) is 12.3 Å². The van der Waals surface area contributed by atoms with Gasteiger partial charge in [0.15, 0.2) is 0 Å². The van der Waals surface area contributed by atoms with Crippen molar-refractivity contribution < 1.29 is 19.4 Å². The number of β-amino-alcohol motifs (C(OH)–C–C–N with tert-alkyl or cyclic N) is 1. The second-order valence-electron chi connectivity index (χ2n) is 6.29. The average molecular weight is 286 g/mol. The van der Waals surface area contributed by atoms with Crippen LogP contribution in [0.2, 0.25) is 0 Å². The lowest BCUT2D eigenvalue weighted by atomic mass is 9.85. The number of nitrogens with zero attached hydrogens (tertiary/aromatic N) is 1. The predicted octanol–water partition coefficient (Wildman–Crippen LogP) is 0.493. The summed E-state index contributed by atoms with van der Waals surface area (Å²) in [5.41, 5.74) is -0.410. The number of likely N-dealkylation sites (tertiary alicyclic amines) is 1. The second-order valence-corrected chi connectivity index (χ2v) is 6.29. The monoisotopic (exact) mass is 286 g/mol. The Kier molecular flexibility index (Phi) is 5.53. The van der Waals surface area contributed by atoms with Gasteiger partial charge in [-0.25, -0.2) is 0 Å². The third-order valence-corrected chi connectivity index (χ3v) is 3.33. The van der Waals surface area contributed by atoms with Crippen LogP contribution >= 0.6 is 0 Å². The van der Waals surface area contributed by atoms with E-state index in [0.29, 0.717) is 13.0 Å². The normalized spacial score (nSPS) is 24.6. The SMILES string of the molecule is CCO[C@@H]1C[C@@H](O)CN1C(=O)C(NC(C)=O)C(C)(C)C. The van der Waals surface area contributed by atoms with Gasteiger partial charge in [0.2, 0.25) is 11.8 Å². The summed E-state index contributed by atoms with van der Waals surface area (Å²) in [6.07, 6.45) is -0.578. The molecule has 0 aromatic carbocycles. The first kappa shape index (κ1) is 16.9. The van der Waals surface area contributed by atoms with E-state index in [9.17, 15) is 14.7 Å². The lowest BCUT2D eigenvalue weighted by molar-refractivity contribution is -0.148. The zero-order valence-corrected chi connectivity index (χ0v) is 13.0. The summed E-state index contributed by atoms with van der Waals surface area (Å²) in [5, 5.41) is 12.5. The van der Waals surface area contributed by atoms with Crippen LogP contribution in [0.3, 0.4) is 0 Å². The van der Waals surface area contributed by atoms with E-state index in [1.54, 1.807) is 0 Å². The van der Waals surface area contributed by atoms with Crippen LogP contribution in [-0.2, 0) is 14.3 Å². The zero-order chi connectivity index (χ0) is 15.5. The number of rotatable bonds is 4. The Bertz CT molecular complexity index is 365. The van der Waals surface area contributed by atoms with E-state index in [1.807, 2.05) is 27.7 Å². The molecule has 6 heteroatoms. The Morgan fingerprint density at radius 2 is 2.05 bits per heavy atom. The van der Waals surface area contributed by atoms with Crippen molar-refractivity contribution in [1.82, 2.24) is 10.2 Å². The topological polar surface area (TPSA) is 78.9 Å². The highest BCUT2D eigenvalue weighted by Crippen LogP contribution is 2.26. The number of carbonyl (C=O) groups is 2. The fraction of sp³-hybridized carbons (Fsp3) is 0.857. The van der Waals surface area contributed by atoms with Gasteiger partial charge in [-0.1, -0.05) is 20.8 Å². The first-order valence-corrected chi connectivity index (χ1v) is 7.04. The minimum Gasteiger partial charge on any atom is -0.391 e. The van der Waals surface area contributed by atoms with Crippen molar-refractivity contribution in [1.29, 1.82) is 0 Å². The van der Waals surface area contributed by atoms with Crippen LogP contribution in [0.15, 0.2) is 0 Å². The fourth-order valence-corrected chi connectivity index (χ4v) is 2.38. The molecular weight excluding hydrogens is 260 g/mol. The Morgan fingerprint density at radius 3 is 2.50 bits per heavy atom. The number of hydrogen-bond donors (Lipinski definition) is 2. The molecule has 0 aromatic rings. The first-order valence-electron chi connectivity index (χ1n) is 7.04. The molecule has 1 aliphatic rings. The van der Waals surface area contributed by atoms with E-state index >= 15 is 0 Å². The van der Waals surface area contributed by atoms with Crippen LogP contribution in [0.1, 0.15) is 41.0 Å². The van der Waals surface area contributed by atoms with Gasteiger partial charge >= 0.3 is 0 Å². The average Bonchev–Trinajstić information content (AvgIpc) is 2.65. The van der Waals surface area contributed by atoms with Gasteiger partial charge < -0.3 is 20.1 Å². The van der Waals surface area contributed by atoms with Gasteiger partial charge in [0, 0.05) is 26.5 Å². The van der Waals surface area contributed by atoms with Crippen molar-refractivity contribution in [3.63, 3.8) is 0 Å². The fourth-order valence-electron chi connectivity index (χ4n) is 2.38. The van der Waals surface area contributed by atoms with E-state index in [0.717, 1.165) is 0 Å². The van der Waals surface area contributed by atoms with Crippen molar-refractivity contribution in [2.75, 3.05) is 13.2 Å². The third kappa shape index (κ3) is 4.18. The molecule has 0 spiro atoms. The Labute approximate surface area is 120 Å². The standard InChI is InChI=1S/C14H26N2O4/c1-6-20-11-7-10(18)8-16(11)13(19)12(14(3,4)5)15-9(2)17/h10-12,18H,6-8H2,1-5H3,(H,15,17)/t10-,11-,12?/m1/s1. The summed E-state index contributed by atoms with van der Waals surface area (Å²) in [7, 11) is 0. The summed E-state index contributed by atoms with van der Waals surface area (Å²) >= 11 is 0. The molecule has 2 N–H and O–H groups in total. The van der Waals surface area contributed by atoms with E-state index < -0.39 is 23.8 Å². The Morgan fingerprint density at radius 1 is 1.45 bits per heavy atom. The highest BCUT2D eigenvalue weighted by molar-refractivity contribution is 5.88. The maximum Gasteiger partial charge on any atom is 0.247 e. The zero-order valence-electron chi connectivity index (χ0n) is 13.0. The van der Waals surface area contributed by atoms with E-state index in [4.69, 9.17) is 4.74 Å². The van der Waals surface area contributed by atoms with Gasteiger partial charge in [-0.15, -0.1) is 0 Å². The van der Waals surface area contributed by atoms with Crippen LogP contribution in [0.25, 0.3) is 0 Å². The Hall–Kier alpha value is -1.14. The maximum absolute atomic E-state index is 12.7. The molecule has 1 saturated heterocycles. The summed E-state index contributed by atoms with van der Waals surface area (Å²) in [6, 6.07) is -0.631. The molecule has 3 atom stereocenters. The van der Waals surface area contributed by atoms with Gasteiger partial charge in [-0.3, -0.25) is 9.59 Å². The smallest absolute Gasteiger partial charge is 0.247 e. The molecule has 6 nitrogen and oxygen atoms in total. The molecule has 0 aliphatic carbocycles. The van der Waals surface area contributed by atoms with Gasteiger partial charge in [0.05, 0.1) is 6.10 Å². The molecule has 1 rings (SSSR count). The number of amides is 2. The molecule has 20 heavy (non-hydrogen) atoms. The van der Waals surface area contributed by atoms with Crippen LogP contribution in [0.5, 0.6) is 0 Å². The quantitative estimate of drug-likeness (QED) is 0.788. The van der Waals surface area contributed by atoms with Crippen molar-refractivity contribution in [2.24, 2.45) is 5.41 Å². The molecule has 0 bridgehead atoms. The highest BCUT2D eigenvalue weighted by atomic mass is 16.5. The summed E-state index contributed by atoms with van der Waals surface area (Å²) < 4.78 is 5.51. The molecule has 1 aliphatic heterocycles. The predicted molar refractivity (Wildman–Crippen MR) is 74.8 cm³/mol. The van der Waals surface area contributed by atoms with Gasteiger partial charge in [0.25, 0.3) is 0 Å². The molecule has 0 aromatic heterocycles.